The van der Waals surface area contributed by atoms with Gasteiger partial charge in [-0.3, -0.25) is 4.90 Å². The van der Waals surface area contributed by atoms with Gasteiger partial charge >= 0.3 is 0 Å². The van der Waals surface area contributed by atoms with Crippen molar-refractivity contribution in [3.63, 3.8) is 0 Å². The lowest BCUT2D eigenvalue weighted by molar-refractivity contribution is -0.103. The number of aliphatic hydroxyl groups is 1. The van der Waals surface area contributed by atoms with Gasteiger partial charge in [0.15, 0.2) is 0 Å². The van der Waals surface area contributed by atoms with E-state index in [0.717, 1.165) is 54.4 Å². The molecule has 0 amide bonds. The molecule has 1 atom stereocenters. The Bertz CT molecular complexity index is 818. The normalized spacial score (nSPS) is 21.5. The molecule has 4 rings (SSSR count). The second kappa shape index (κ2) is 6.83. The fraction of sp³-hybridized carbons (Fsp3) is 0.455. The van der Waals surface area contributed by atoms with Crippen molar-refractivity contribution in [2.24, 2.45) is 0 Å². The molecule has 2 aromatic carbocycles. The van der Waals surface area contributed by atoms with Crippen molar-refractivity contribution >= 4 is 23.2 Å². The number of hydrogen-bond donors (Lipinski definition) is 1. The van der Waals surface area contributed by atoms with E-state index in [9.17, 15) is 5.11 Å². The van der Waals surface area contributed by atoms with E-state index in [0.29, 0.717) is 6.04 Å². The first-order valence-corrected chi connectivity index (χ1v) is 10.1. The third-order valence-corrected chi connectivity index (χ3v) is 6.72. The second-order valence-corrected chi connectivity index (χ2v) is 8.89. The Morgan fingerprint density at radius 3 is 2.46 bits per heavy atom. The van der Waals surface area contributed by atoms with Crippen molar-refractivity contribution in [2.75, 3.05) is 13.1 Å². The minimum absolute atomic E-state index is 0.469. The summed E-state index contributed by atoms with van der Waals surface area (Å²) in [4.78, 5) is 2.41. The third-order valence-electron chi connectivity index (χ3n) is 6.01. The Morgan fingerprint density at radius 1 is 1.12 bits per heavy atom. The number of β-amino-alcohol motifs (C(OH)–C–C–N with tert-alkyl or cyclic N) is 1. The smallest absolute Gasteiger partial charge is 0.0872 e. The predicted octanol–water partition coefficient (Wildman–Crippen LogP) is 5.14. The lowest BCUT2D eigenvalue weighted by Crippen LogP contribution is -2.60. The van der Waals surface area contributed by atoms with Crippen LogP contribution in [-0.2, 0) is 19.3 Å². The van der Waals surface area contributed by atoms with E-state index in [4.69, 9.17) is 23.2 Å². The van der Waals surface area contributed by atoms with Crippen LogP contribution >= 0.6 is 23.2 Å². The van der Waals surface area contributed by atoms with Gasteiger partial charge in [-0.05, 0) is 79.5 Å². The molecule has 1 N–H and O–H groups in total. The van der Waals surface area contributed by atoms with Crippen LogP contribution < -0.4 is 0 Å². The lowest BCUT2D eigenvalue weighted by Gasteiger charge is -2.47. The molecule has 0 aromatic heterocycles. The van der Waals surface area contributed by atoms with Gasteiger partial charge in [0.25, 0.3) is 0 Å². The molecule has 2 aliphatic rings. The maximum absolute atomic E-state index is 10.1. The minimum atomic E-state index is -0.508. The van der Waals surface area contributed by atoms with Crippen molar-refractivity contribution in [2.45, 2.75) is 51.2 Å². The number of nitrogens with zero attached hydrogens (tertiary/aromatic N) is 1. The molecule has 4 heteroatoms. The molecule has 1 aliphatic carbocycles. The van der Waals surface area contributed by atoms with Crippen molar-refractivity contribution in [1.29, 1.82) is 0 Å². The van der Waals surface area contributed by atoms with Gasteiger partial charge in [0.1, 0.15) is 0 Å². The number of aryl methyl sites for hydroxylation is 1. The van der Waals surface area contributed by atoms with Crippen LogP contribution in [0.2, 0.25) is 10.0 Å². The summed E-state index contributed by atoms with van der Waals surface area (Å²) in [6.07, 6.45) is 4.10. The largest absolute Gasteiger partial charge is 0.388 e. The maximum atomic E-state index is 10.1. The summed E-state index contributed by atoms with van der Waals surface area (Å²) in [6.45, 7) is 5.73. The fourth-order valence-electron chi connectivity index (χ4n) is 4.64. The predicted molar refractivity (Wildman–Crippen MR) is 108 cm³/mol. The zero-order valence-electron chi connectivity index (χ0n) is 15.4. The molecule has 1 saturated heterocycles. The molecule has 26 heavy (non-hydrogen) atoms. The van der Waals surface area contributed by atoms with Gasteiger partial charge in [-0.15, -0.1) is 0 Å². The first-order chi connectivity index (χ1) is 12.4. The Labute approximate surface area is 165 Å². The van der Waals surface area contributed by atoms with Crippen molar-refractivity contribution in [1.82, 2.24) is 4.90 Å². The summed E-state index contributed by atoms with van der Waals surface area (Å²) in [5.74, 6) is 0. The number of benzene rings is 2. The van der Waals surface area contributed by atoms with Gasteiger partial charge < -0.3 is 5.11 Å². The topological polar surface area (TPSA) is 23.5 Å². The Kier molecular flexibility index (Phi) is 4.81. The quantitative estimate of drug-likeness (QED) is 0.781. The highest BCUT2D eigenvalue weighted by Gasteiger charge is 2.42. The number of fused-ring (bicyclic) bond motifs is 1. The molecule has 0 bridgehead atoms. The zero-order chi connectivity index (χ0) is 18.5. The Balaban J connectivity index is 1.52. The molecule has 0 saturated carbocycles. The standard InChI is InChI=1S/C22H25Cl2NO/c1-14-15(7-9-18-19(23)4-3-5-20(18)24)6-8-17-16(14)10-11-21(17)25-12-22(2,26)13-25/h3-6,8,21,26H,7,9-13H2,1-2H3. The van der Waals surface area contributed by atoms with Gasteiger partial charge in [-0.25, -0.2) is 0 Å². The average Bonchev–Trinajstić information content (AvgIpc) is 2.98. The summed E-state index contributed by atoms with van der Waals surface area (Å²) in [5, 5.41) is 11.6. The molecule has 2 nitrogen and oxygen atoms in total. The van der Waals surface area contributed by atoms with Gasteiger partial charge in [-0.1, -0.05) is 41.4 Å². The fourth-order valence-corrected chi connectivity index (χ4v) is 5.22. The SMILES string of the molecule is Cc1c(CCc2c(Cl)cccc2Cl)ccc2c1CCC2N1CC(C)(O)C1. The molecule has 1 unspecified atom stereocenters. The molecule has 0 spiro atoms. The summed E-state index contributed by atoms with van der Waals surface area (Å²) in [5.41, 5.74) is 6.29. The molecule has 1 fully saturated rings. The summed E-state index contributed by atoms with van der Waals surface area (Å²) in [6, 6.07) is 10.7. The van der Waals surface area contributed by atoms with Crippen molar-refractivity contribution in [3.05, 3.63) is 68.2 Å². The number of hydrogen-bond acceptors (Lipinski definition) is 2. The molecule has 1 aliphatic heterocycles. The van der Waals surface area contributed by atoms with Crippen LogP contribution in [0.5, 0.6) is 0 Å². The van der Waals surface area contributed by atoms with E-state index < -0.39 is 5.60 Å². The number of rotatable bonds is 4. The van der Waals surface area contributed by atoms with Crippen molar-refractivity contribution in [3.8, 4) is 0 Å². The average molecular weight is 390 g/mol. The Morgan fingerprint density at radius 2 is 1.81 bits per heavy atom. The van der Waals surface area contributed by atoms with Gasteiger partial charge in [0.2, 0.25) is 0 Å². The molecular formula is C22H25Cl2NO. The van der Waals surface area contributed by atoms with Crippen LogP contribution in [0.3, 0.4) is 0 Å². The van der Waals surface area contributed by atoms with Crippen LogP contribution in [0.1, 0.15) is 47.2 Å². The summed E-state index contributed by atoms with van der Waals surface area (Å²) < 4.78 is 0. The van der Waals surface area contributed by atoms with Gasteiger partial charge in [0, 0.05) is 29.2 Å². The molecule has 138 valence electrons. The van der Waals surface area contributed by atoms with Gasteiger partial charge in [-0.2, -0.15) is 0 Å². The van der Waals surface area contributed by atoms with E-state index >= 15 is 0 Å². The first-order valence-electron chi connectivity index (χ1n) is 9.36. The minimum Gasteiger partial charge on any atom is -0.388 e. The number of halogens is 2. The highest BCUT2D eigenvalue weighted by molar-refractivity contribution is 6.35. The van der Waals surface area contributed by atoms with Gasteiger partial charge in [0.05, 0.1) is 5.60 Å². The van der Waals surface area contributed by atoms with Crippen LogP contribution in [-0.4, -0.2) is 28.7 Å². The number of likely N-dealkylation sites (tertiary alicyclic amines) is 1. The van der Waals surface area contributed by atoms with Crippen LogP contribution in [0.25, 0.3) is 0 Å². The third kappa shape index (κ3) is 3.29. The van der Waals surface area contributed by atoms with E-state index in [1.165, 1.54) is 22.3 Å². The van der Waals surface area contributed by atoms with Crippen LogP contribution in [0.4, 0.5) is 0 Å². The molecule has 0 radical (unpaired) electrons. The molecule has 1 heterocycles. The monoisotopic (exact) mass is 389 g/mol. The van der Waals surface area contributed by atoms with Crippen LogP contribution in [0.15, 0.2) is 30.3 Å². The first kappa shape index (κ1) is 18.3. The maximum Gasteiger partial charge on any atom is 0.0872 e. The van der Waals surface area contributed by atoms with E-state index in [1.807, 2.05) is 25.1 Å². The summed E-state index contributed by atoms with van der Waals surface area (Å²) >= 11 is 12.6. The zero-order valence-corrected chi connectivity index (χ0v) is 16.9. The highest BCUT2D eigenvalue weighted by atomic mass is 35.5. The summed E-state index contributed by atoms with van der Waals surface area (Å²) in [7, 11) is 0. The van der Waals surface area contributed by atoms with Crippen LogP contribution in [0, 0.1) is 6.92 Å². The van der Waals surface area contributed by atoms with E-state index in [-0.39, 0.29) is 0 Å². The lowest BCUT2D eigenvalue weighted by atomic mass is 9.91. The second-order valence-electron chi connectivity index (χ2n) is 8.07. The molecular weight excluding hydrogens is 365 g/mol. The van der Waals surface area contributed by atoms with Crippen molar-refractivity contribution < 1.29 is 5.11 Å². The molecule has 2 aromatic rings. The highest BCUT2D eigenvalue weighted by Crippen LogP contribution is 2.42. The van der Waals surface area contributed by atoms with E-state index in [1.54, 1.807) is 0 Å². The Hall–Kier alpha value is -1.06. The van der Waals surface area contributed by atoms with E-state index in [2.05, 4.69) is 24.0 Å².